The first kappa shape index (κ1) is 61.6. The van der Waals surface area contributed by atoms with Gasteiger partial charge in [0.05, 0.1) is 12.5 Å². The maximum atomic E-state index is 10.2. The van der Waals surface area contributed by atoms with Gasteiger partial charge in [-0.1, -0.05) is 202 Å². The van der Waals surface area contributed by atoms with Crippen LogP contribution in [0.5, 0.6) is 0 Å². The Morgan fingerprint density at radius 3 is 0.719 bits per heavy atom. The van der Waals surface area contributed by atoms with Crippen molar-refractivity contribution in [1.82, 2.24) is 0 Å². The van der Waals surface area contributed by atoms with Gasteiger partial charge >= 0.3 is 0 Å². The number of benzene rings is 5. The monoisotopic (exact) mass is 827 g/mol. The molecule has 10 heteroatoms. The lowest BCUT2D eigenvalue weighted by Crippen LogP contribution is -2.12. The van der Waals surface area contributed by atoms with Gasteiger partial charge in [0.2, 0.25) is 6.41 Å². The van der Waals surface area contributed by atoms with Crippen molar-refractivity contribution < 1.29 is 30.7 Å². The summed E-state index contributed by atoms with van der Waals surface area (Å²) < 4.78 is 51.7. The Hall–Kier alpha value is -4.61. The van der Waals surface area contributed by atoms with E-state index in [0.717, 1.165) is 37.8 Å². The summed E-state index contributed by atoms with van der Waals surface area (Å²) >= 11 is 0. The number of carbonyl (C=O) groups is 1. The Bertz CT molecular complexity index is 1540. The highest BCUT2D eigenvalue weighted by Gasteiger charge is 1.93. The van der Waals surface area contributed by atoms with Gasteiger partial charge in [0.15, 0.2) is 0 Å². The Morgan fingerprint density at radius 1 is 0.439 bits per heavy atom. The Kier molecular flexibility index (Phi) is 46.0. The molecule has 0 spiro atoms. The fraction of sp³-hybridized carbons (Fsp3) is 0.340. The Morgan fingerprint density at radius 2 is 0.596 bits per heavy atom. The second-order valence-electron chi connectivity index (χ2n) is 10.9. The highest BCUT2D eigenvalue weighted by atomic mass is 32.2. The van der Waals surface area contributed by atoms with Gasteiger partial charge in [-0.3, -0.25) is 13.9 Å². The Balaban J connectivity index is -0.000000183. The second-order valence-corrected chi connectivity index (χ2v) is 13.8. The largest absolute Gasteiger partial charge is 0.318 e. The van der Waals surface area contributed by atoms with E-state index >= 15 is 0 Å². The van der Waals surface area contributed by atoms with E-state index < -0.39 is 20.2 Å². The SMILES string of the molecule is C.CC.CC.CCc1ccccc1.CCc1ccccc1.CCc1ccccc1.CCc1ccccc1.CN(C=O)c1ccccc1.CS(=O)(=O)O.CS(=O)(=O)O. The molecule has 5 aromatic carbocycles. The van der Waals surface area contributed by atoms with Gasteiger partial charge in [0.25, 0.3) is 20.2 Å². The predicted octanol–water partition coefficient (Wildman–Crippen LogP) is 12.0. The minimum atomic E-state index is -3.67. The number of hydrogen-bond donors (Lipinski definition) is 2. The molecule has 0 atom stereocenters. The predicted molar refractivity (Wildman–Crippen MR) is 249 cm³/mol. The molecule has 0 fully saturated rings. The van der Waals surface area contributed by atoms with Crippen LogP contribution in [0.2, 0.25) is 0 Å². The molecule has 0 radical (unpaired) electrons. The van der Waals surface area contributed by atoms with Crippen molar-refractivity contribution in [3.8, 4) is 0 Å². The molecule has 320 valence electrons. The molecule has 57 heavy (non-hydrogen) atoms. The standard InChI is InChI=1S/C8H9NO.4C8H10.2C2H6.2CH4O3S.CH4/c1-9(7-10)8-5-3-2-4-6-8;4*1-2-8-6-4-3-5-7-8;2*1-2;2*1-5(2,3)4;/h2-7H,1H3;4*3-7H,2H2,1H3;2*1-2H3;2*1H3,(H,2,3,4);1H4. The van der Waals surface area contributed by atoms with E-state index in [1.807, 2.05) is 82.3 Å². The quantitative estimate of drug-likeness (QED) is 0.129. The summed E-state index contributed by atoms with van der Waals surface area (Å²) in [6, 6.07) is 51.3. The van der Waals surface area contributed by atoms with Crippen molar-refractivity contribution in [3.63, 3.8) is 0 Å². The van der Waals surface area contributed by atoms with Crippen molar-refractivity contribution >= 4 is 32.3 Å². The second kappa shape index (κ2) is 42.5. The van der Waals surface area contributed by atoms with Gasteiger partial charge in [-0.15, -0.1) is 0 Å². The van der Waals surface area contributed by atoms with Gasteiger partial charge in [0.1, 0.15) is 0 Å². The molecule has 0 aliphatic rings. The first-order chi connectivity index (χ1) is 26.6. The number of nitrogens with zero attached hydrogens (tertiary/aromatic N) is 1. The molecule has 5 aromatic rings. The van der Waals surface area contributed by atoms with Crippen LogP contribution in [-0.4, -0.2) is 51.9 Å². The van der Waals surface area contributed by atoms with E-state index in [1.165, 1.54) is 27.2 Å². The fourth-order valence-corrected chi connectivity index (χ4v) is 3.58. The van der Waals surface area contributed by atoms with Crippen molar-refractivity contribution in [2.45, 2.75) is 88.5 Å². The molecular weight excluding hydrogens is 755 g/mol. The number of para-hydroxylation sites is 1. The van der Waals surface area contributed by atoms with Gasteiger partial charge in [-0.25, -0.2) is 0 Å². The summed E-state index contributed by atoms with van der Waals surface area (Å²) in [7, 11) is -5.61. The number of rotatable bonds is 6. The average molecular weight is 828 g/mol. The highest BCUT2D eigenvalue weighted by molar-refractivity contribution is 7.85. The number of anilines is 1. The molecule has 0 aliphatic heterocycles. The molecule has 5 rings (SSSR count). The van der Waals surface area contributed by atoms with Crippen LogP contribution < -0.4 is 4.90 Å². The molecule has 1 amide bonds. The summed E-state index contributed by atoms with van der Waals surface area (Å²) in [6.07, 6.45) is 6.78. The van der Waals surface area contributed by atoms with Crippen LogP contribution in [0.3, 0.4) is 0 Å². The van der Waals surface area contributed by atoms with E-state index in [9.17, 15) is 21.6 Å². The van der Waals surface area contributed by atoms with Crippen molar-refractivity contribution in [3.05, 3.63) is 174 Å². The van der Waals surface area contributed by atoms with Crippen LogP contribution >= 0.6 is 0 Å². The van der Waals surface area contributed by atoms with Crippen molar-refractivity contribution in [2.75, 3.05) is 24.5 Å². The third-order valence-electron chi connectivity index (χ3n) is 6.33. The van der Waals surface area contributed by atoms with Gasteiger partial charge in [-0.2, -0.15) is 16.8 Å². The maximum Gasteiger partial charge on any atom is 0.261 e. The molecule has 8 nitrogen and oxygen atoms in total. The maximum absolute atomic E-state index is 10.2. The molecule has 0 unspecified atom stereocenters. The zero-order valence-corrected chi connectivity index (χ0v) is 37.2. The van der Waals surface area contributed by atoms with Crippen LogP contribution in [-0.2, 0) is 50.7 Å². The third-order valence-corrected chi connectivity index (χ3v) is 6.33. The van der Waals surface area contributed by atoms with Crippen LogP contribution in [0.1, 0.15) is 85.1 Å². The molecule has 2 N–H and O–H groups in total. The average Bonchev–Trinajstić information content (AvgIpc) is 3.23. The fourth-order valence-electron chi connectivity index (χ4n) is 3.58. The number of amides is 1. The highest BCUT2D eigenvalue weighted by Crippen LogP contribution is 2.08. The smallest absolute Gasteiger partial charge is 0.261 e. The third kappa shape index (κ3) is 51.4. The summed E-state index contributed by atoms with van der Waals surface area (Å²) in [5, 5.41) is 0. The van der Waals surface area contributed by atoms with Crippen molar-refractivity contribution in [1.29, 1.82) is 0 Å². The number of carbonyl (C=O) groups excluding carboxylic acids is 1. The van der Waals surface area contributed by atoms with Crippen LogP contribution in [0.15, 0.2) is 152 Å². The topological polar surface area (TPSA) is 129 Å². The van der Waals surface area contributed by atoms with E-state index in [1.54, 1.807) is 7.05 Å². The minimum Gasteiger partial charge on any atom is -0.318 e. The lowest BCUT2D eigenvalue weighted by Gasteiger charge is -2.08. The van der Waals surface area contributed by atoms with E-state index in [2.05, 4.69) is 125 Å². The van der Waals surface area contributed by atoms with Crippen LogP contribution in [0.4, 0.5) is 5.69 Å². The van der Waals surface area contributed by atoms with Crippen LogP contribution in [0.25, 0.3) is 0 Å². The zero-order valence-electron chi connectivity index (χ0n) is 35.5. The molecular formula is C47H73NO7S2. The molecule has 0 aliphatic carbocycles. The van der Waals surface area contributed by atoms with E-state index in [-0.39, 0.29) is 7.43 Å². The van der Waals surface area contributed by atoms with Crippen LogP contribution in [0, 0.1) is 0 Å². The van der Waals surface area contributed by atoms with Crippen molar-refractivity contribution in [2.24, 2.45) is 0 Å². The summed E-state index contributed by atoms with van der Waals surface area (Å²) in [4.78, 5) is 11.8. The van der Waals surface area contributed by atoms with Gasteiger partial charge < -0.3 is 4.90 Å². The first-order valence-corrected chi connectivity index (χ1v) is 22.5. The lowest BCUT2D eigenvalue weighted by atomic mass is 10.2. The summed E-state index contributed by atoms with van der Waals surface area (Å²) in [5.74, 6) is 0. The molecule has 0 saturated heterocycles. The molecule has 0 bridgehead atoms. The normalized spacial score (nSPS) is 8.93. The van der Waals surface area contributed by atoms with E-state index in [0.29, 0.717) is 12.5 Å². The summed E-state index contributed by atoms with van der Waals surface area (Å²) in [5.41, 5.74) is 6.55. The molecule has 0 aromatic heterocycles. The minimum absolute atomic E-state index is 0. The molecule has 0 heterocycles. The van der Waals surface area contributed by atoms with Gasteiger partial charge in [0, 0.05) is 12.7 Å². The number of aryl methyl sites for hydroxylation is 4. The number of hydrogen-bond acceptors (Lipinski definition) is 5. The van der Waals surface area contributed by atoms with Gasteiger partial charge in [-0.05, 0) is 60.1 Å². The first-order valence-electron chi connectivity index (χ1n) is 18.8. The van der Waals surface area contributed by atoms with E-state index in [4.69, 9.17) is 9.11 Å². The zero-order chi connectivity index (χ0) is 43.7. The molecule has 0 saturated carbocycles. The summed E-state index contributed by atoms with van der Waals surface area (Å²) in [6.45, 7) is 16.6. The lowest BCUT2D eigenvalue weighted by molar-refractivity contribution is -0.107. The Labute approximate surface area is 348 Å².